The van der Waals surface area contributed by atoms with Crippen LogP contribution < -0.4 is 14.8 Å². The van der Waals surface area contributed by atoms with Crippen LogP contribution in [0.25, 0.3) is 0 Å². The fourth-order valence-corrected chi connectivity index (χ4v) is 2.21. The molecule has 4 nitrogen and oxygen atoms in total. The van der Waals surface area contributed by atoms with E-state index in [1.807, 2.05) is 30.3 Å². The van der Waals surface area contributed by atoms with E-state index in [2.05, 4.69) is 10.1 Å². The van der Waals surface area contributed by atoms with Crippen LogP contribution in [-0.2, 0) is 17.8 Å². The Balaban J connectivity index is 1.86. The number of nitrogens with one attached hydrogen (secondary N) is 1. The second-order valence-corrected chi connectivity index (χ2v) is 5.13. The predicted molar refractivity (Wildman–Crippen MR) is 86.2 cm³/mol. The Morgan fingerprint density at radius 3 is 2.50 bits per heavy atom. The highest BCUT2D eigenvalue weighted by molar-refractivity contribution is 5.76. The molecule has 0 atom stereocenters. The van der Waals surface area contributed by atoms with Gasteiger partial charge in [0.15, 0.2) is 11.5 Å². The molecule has 0 saturated heterocycles. The van der Waals surface area contributed by atoms with Crippen LogP contribution in [0.15, 0.2) is 48.5 Å². The summed E-state index contributed by atoms with van der Waals surface area (Å²) in [6, 6.07) is 14.3. The molecule has 0 bridgehead atoms. The summed E-state index contributed by atoms with van der Waals surface area (Å²) in [4.78, 5) is 11.9. The van der Waals surface area contributed by atoms with E-state index in [4.69, 9.17) is 4.74 Å². The number of ether oxygens (including phenoxy) is 2. The van der Waals surface area contributed by atoms with Crippen molar-refractivity contribution in [2.24, 2.45) is 0 Å². The van der Waals surface area contributed by atoms with Gasteiger partial charge in [0.25, 0.3) is 0 Å². The van der Waals surface area contributed by atoms with Gasteiger partial charge in [-0.1, -0.05) is 36.4 Å². The third kappa shape index (κ3) is 5.53. The van der Waals surface area contributed by atoms with Crippen molar-refractivity contribution in [1.29, 1.82) is 0 Å². The summed E-state index contributed by atoms with van der Waals surface area (Å²) in [6.45, 7) is -2.62. The first kappa shape index (κ1) is 17.7. The number of hydrogen-bond acceptors (Lipinski definition) is 3. The van der Waals surface area contributed by atoms with Crippen LogP contribution in [0, 0.1) is 0 Å². The predicted octanol–water partition coefficient (Wildman–Crippen LogP) is 3.55. The molecule has 0 unspecified atom stereocenters. The van der Waals surface area contributed by atoms with Gasteiger partial charge in [-0.05, 0) is 29.7 Å². The van der Waals surface area contributed by atoms with Gasteiger partial charge >= 0.3 is 6.61 Å². The molecular weight excluding hydrogens is 316 g/mol. The van der Waals surface area contributed by atoms with Gasteiger partial charge < -0.3 is 14.8 Å². The van der Waals surface area contributed by atoms with Crippen LogP contribution in [-0.4, -0.2) is 19.6 Å². The SMILES string of the molecule is COc1cc(CNC(=O)CCc2ccccc2)ccc1OC(F)F. The zero-order valence-corrected chi connectivity index (χ0v) is 13.3. The molecule has 2 rings (SSSR count). The quantitative estimate of drug-likeness (QED) is 0.803. The van der Waals surface area contributed by atoms with Crippen molar-refractivity contribution < 1.29 is 23.0 Å². The molecule has 2 aromatic carbocycles. The fourth-order valence-electron chi connectivity index (χ4n) is 2.21. The van der Waals surface area contributed by atoms with Crippen molar-refractivity contribution in [2.45, 2.75) is 26.0 Å². The van der Waals surface area contributed by atoms with Gasteiger partial charge in [0.05, 0.1) is 7.11 Å². The van der Waals surface area contributed by atoms with Crippen LogP contribution in [0.3, 0.4) is 0 Å². The third-order valence-electron chi connectivity index (χ3n) is 3.42. The molecule has 6 heteroatoms. The Hall–Kier alpha value is -2.63. The molecule has 128 valence electrons. The lowest BCUT2D eigenvalue weighted by Gasteiger charge is -2.12. The van der Waals surface area contributed by atoms with E-state index in [-0.39, 0.29) is 17.4 Å². The van der Waals surface area contributed by atoms with Gasteiger partial charge in [0.2, 0.25) is 5.91 Å². The molecule has 0 aromatic heterocycles. The number of methoxy groups -OCH3 is 1. The number of carbonyl (C=O) groups is 1. The van der Waals surface area contributed by atoms with Crippen molar-refractivity contribution in [1.82, 2.24) is 5.32 Å². The van der Waals surface area contributed by atoms with Crippen molar-refractivity contribution in [3.05, 3.63) is 59.7 Å². The number of hydrogen-bond donors (Lipinski definition) is 1. The topological polar surface area (TPSA) is 47.6 Å². The summed E-state index contributed by atoms with van der Waals surface area (Å²) in [7, 11) is 1.37. The van der Waals surface area contributed by atoms with Gasteiger partial charge in [-0.3, -0.25) is 4.79 Å². The largest absolute Gasteiger partial charge is 0.493 e. The Kier molecular flexibility index (Phi) is 6.54. The maximum absolute atomic E-state index is 12.3. The highest BCUT2D eigenvalue weighted by atomic mass is 19.3. The molecule has 2 aromatic rings. The average Bonchev–Trinajstić information content (AvgIpc) is 2.59. The zero-order chi connectivity index (χ0) is 17.4. The van der Waals surface area contributed by atoms with Crippen LogP contribution in [0.2, 0.25) is 0 Å². The van der Waals surface area contributed by atoms with Gasteiger partial charge in [-0.25, -0.2) is 0 Å². The highest BCUT2D eigenvalue weighted by Crippen LogP contribution is 2.29. The van der Waals surface area contributed by atoms with E-state index in [9.17, 15) is 13.6 Å². The normalized spacial score (nSPS) is 10.5. The first-order valence-corrected chi connectivity index (χ1v) is 7.51. The van der Waals surface area contributed by atoms with E-state index >= 15 is 0 Å². The average molecular weight is 335 g/mol. The molecule has 1 amide bonds. The second-order valence-electron chi connectivity index (χ2n) is 5.13. The van der Waals surface area contributed by atoms with Crippen molar-refractivity contribution >= 4 is 5.91 Å². The highest BCUT2D eigenvalue weighted by Gasteiger charge is 2.11. The maximum Gasteiger partial charge on any atom is 0.387 e. The molecule has 0 aliphatic heterocycles. The Morgan fingerprint density at radius 1 is 1.08 bits per heavy atom. The minimum absolute atomic E-state index is 0.0355. The van der Waals surface area contributed by atoms with Crippen molar-refractivity contribution in [3.63, 3.8) is 0 Å². The molecule has 0 fully saturated rings. The monoisotopic (exact) mass is 335 g/mol. The number of carbonyl (C=O) groups excluding carboxylic acids is 1. The first-order chi connectivity index (χ1) is 11.6. The van der Waals surface area contributed by atoms with Crippen LogP contribution in [0.4, 0.5) is 8.78 Å². The minimum Gasteiger partial charge on any atom is -0.493 e. The maximum atomic E-state index is 12.3. The third-order valence-corrected chi connectivity index (χ3v) is 3.42. The zero-order valence-electron chi connectivity index (χ0n) is 13.3. The molecule has 1 N–H and O–H groups in total. The minimum atomic E-state index is -2.91. The summed E-state index contributed by atoms with van der Waals surface area (Å²) in [5, 5.41) is 2.80. The number of halogens is 2. The summed E-state index contributed by atoms with van der Waals surface area (Å²) >= 11 is 0. The molecule has 24 heavy (non-hydrogen) atoms. The van der Waals surface area contributed by atoms with Gasteiger partial charge in [0, 0.05) is 13.0 Å². The fraction of sp³-hybridized carbons (Fsp3) is 0.278. The summed E-state index contributed by atoms with van der Waals surface area (Å²) in [6.07, 6.45) is 1.05. The number of aryl methyl sites for hydroxylation is 1. The number of rotatable bonds is 8. The van der Waals surface area contributed by atoms with Crippen molar-refractivity contribution in [3.8, 4) is 11.5 Å². The Labute approximate surface area is 139 Å². The Bertz CT molecular complexity index is 663. The summed E-state index contributed by atoms with van der Waals surface area (Å²) < 4.78 is 33.9. The summed E-state index contributed by atoms with van der Waals surface area (Å²) in [5.41, 5.74) is 1.84. The van der Waals surface area contributed by atoms with Gasteiger partial charge in [0.1, 0.15) is 0 Å². The van der Waals surface area contributed by atoms with E-state index in [1.54, 1.807) is 12.1 Å². The number of amides is 1. The van der Waals surface area contributed by atoms with E-state index in [1.165, 1.54) is 13.2 Å². The van der Waals surface area contributed by atoms with Gasteiger partial charge in [-0.15, -0.1) is 0 Å². The van der Waals surface area contributed by atoms with E-state index < -0.39 is 6.61 Å². The second kappa shape index (κ2) is 8.86. The molecule has 0 saturated carbocycles. The van der Waals surface area contributed by atoms with Gasteiger partial charge in [-0.2, -0.15) is 8.78 Å². The smallest absolute Gasteiger partial charge is 0.387 e. The van der Waals surface area contributed by atoms with Crippen LogP contribution >= 0.6 is 0 Å². The lowest BCUT2D eigenvalue weighted by molar-refractivity contribution is -0.121. The van der Waals surface area contributed by atoms with E-state index in [0.717, 1.165) is 11.1 Å². The first-order valence-electron chi connectivity index (χ1n) is 7.51. The lowest BCUT2D eigenvalue weighted by atomic mass is 10.1. The lowest BCUT2D eigenvalue weighted by Crippen LogP contribution is -2.23. The number of alkyl halides is 2. The van der Waals surface area contributed by atoms with E-state index in [0.29, 0.717) is 19.4 Å². The molecule has 0 heterocycles. The van der Waals surface area contributed by atoms with Crippen molar-refractivity contribution in [2.75, 3.05) is 7.11 Å². The molecule has 0 spiro atoms. The molecular formula is C18H19F2NO3. The Morgan fingerprint density at radius 2 is 1.83 bits per heavy atom. The van der Waals surface area contributed by atoms with Crippen LogP contribution in [0.1, 0.15) is 17.5 Å². The standard InChI is InChI=1S/C18H19F2NO3/c1-23-16-11-14(7-9-15(16)24-18(19)20)12-21-17(22)10-8-13-5-3-2-4-6-13/h2-7,9,11,18H,8,10,12H2,1H3,(H,21,22). The molecule has 0 aliphatic rings. The molecule has 0 aliphatic carbocycles. The number of benzene rings is 2. The summed E-state index contributed by atoms with van der Waals surface area (Å²) in [5.74, 6) is 0.0868. The van der Waals surface area contributed by atoms with Crippen LogP contribution in [0.5, 0.6) is 11.5 Å². The molecule has 0 radical (unpaired) electrons.